The summed E-state index contributed by atoms with van der Waals surface area (Å²) in [5.41, 5.74) is 0. The van der Waals surface area contributed by atoms with Gasteiger partial charge < -0.3 is 5.11 Å². The Kier molecular flexibility index (Phi) is 3.74. The van der Waals surface area contributed by atoms with E-state index in [1.54, 1.807) is 6.92 Å². The minimum absolute atomic E-state index is 0.0519. The highest BCUT2D eigenvalue weighted by molar-refractivity contribution is 7.89. The van der Waals surface area contributed by atoms with Crippen molar-refractivity contribution in [2.24, 2.45) is 5.92 Å². The number of rotatable bonds is 6. The average Bonchev–Trinajstić information content (AvgIpc) is 2.97. The maximum Gasteiger partial charge on any atom is 0.345 e. The van der Waals surface area contributed by atoms with E-state index in [1.807, 2.05) is 0 Å². The second-order valence-electron chi connectivity index (χ2n) is 4.35. The number of aromatic carboxylic acids is 1. The van der Waals surface area contributed by atoms with E-state index in [2.05, 4.69) is 0 Å². The summed E-state index contributed by atoms with van der Waals surface area (Å²) in [4.78, 5) is 10.9. The van der Waals surface area contributed by atoms with Crippen LogP contribution in [0.15, 0.2) is 16.3 Å². The number of carboxylic acids is 1. The van der Waals surface area contributed by atoms with Crippen LogP contribution in [0, 0.1) is 5.92 Å². The summed E-state index contributed by atoms with van der Waals surface area (Å²) in [5, 5.41) is 10.2. The lowest BCUT2D eigenvalue weighted by molar-refractivity contribution is 0.0702. The zero-order chi connectivity index (χ0) is 13.3. The summed E-state index contributed by atoms with van der Waals surface area (Å²) < 4.78 is 26.0. The molecule has 1 heterocycles. The summed E-state index contributed by atoms with van der Waals surface area (Å²) in [6.07, 6.45) is 2.16. The van der Waals surface area contributed by atoms with Gasteiger partial charge in [-0.15, -0.1) is 11.3 Å². The van der Waals surface area contributed by atoms with E-state index in [-0.39, 0.29) is 9.77 Å². The Bertz CT molecular complexity index is 545. The molecule has 0 bridgehead atoms. The number of nitrogens with zero attached hydrogens (tertiary/aromatic N) is 1. The number of hydrogen-bond acceptors (Lipinski definition) is 4. The Labute approximate surface area is 110 Å². The third-order valence-corrected chi connectivity index (χ3v) is 5.92. The van der Waals surface area contributed by atoms with E-state index >= 15 is 0 Å². The van der Waals surface area contributed by atoms with Gasteiger partial charge in [-0.3, -0.25) is 0 Å². The highest BCUT2D eigenvalue weighted by Gasteiger charge is 2.31. The molecule has 5 nitrogen and oxygen atoms in total. The van der Waals surface area contributed by atoms with Crippen LogP contribution in [0.2, 0.25) is 0 Å². The van der Waals surface area contributed by atoms with E-state index in [9.17, 15) is 13.2 Å². The Hall–Kier alpha value is -0.920. The lowest BCUT2D eigenvalue weighted by Gasteiger charge is -2.19. The third-order valence-electron chi connectivity index (χ3n) is 2.94. The summed E-state index contributed by atoms with van der Waals surface area (Å²) >= 11 is 0.942. The molecule has 0 amide bonds. The lowest BCUT2D eigenvalue weighted by Crippen LogP contribution is -2.32. The molecular formula is C11H15NO4S2. The first-order valence-corrected chi connectivity index (χ1v) is 8.09. The van der Waals surface area contributed by atoms with Crippen molar-refractivity contribution >= 4 is 27.3 Å². The van der Waals surface area contributed by atoms with Crippen LogP contribution in [-0.2, 0) is 10.0 Å². The molecule has 0 atom stereocenters. The standard InChI is InChI=1S/C11H15NO4S2/c1-2-12(6-8-3-4-8)18(15,16)9-5-10(11(13)14)17-7-9/h5,7-8H,2-4,6H2,1H3,(H,13,14). The molecule has 100 valence electrons. The highest BCUT2D eigenvalue weighted by Crippen LogP contribution is 2.32. The first kappa shape index (κ1) is 13.5. The molecule has 7 heteroatoms. The van der Waals surface area contributed by atoms with Gasteiger partial charge in [0.15, 0.2) is 0 Å². The smallest absolute Gasteiger partial charge is 0.345 e. The molecule has 1 aliphatic carbocycles. The second-order valence-corrected chi connectivity index (χ2v) is 7.20. The van der Waals surface area contributed by atoms with Gasteiger partial charge in [-0.25, -0.2) is 13.2 Å². The maximum atomic E-state index is 12.3. The summed E-state index contributed by atoms with van der Waals surface area (Å²) in [5.74, 6) is -0.621. The number of carboxylic acid groups (broad SMARTS) is 1. The summed E-state index contributed by atoms with van der Waals surface area (Å²) in [6.45, 7) is 2.75. The molecule has 0 spiro atoms. The number of sulfonamides is 1. The number of hydrogen-bond donors (Lipinski definition) is 1. The van der Waals surface area contributed by atoms with E-state index in [0.717, 1.165) is 24.2 Å². The molecule has 0 aliphatic heterocycles. The third kappa shape index (κ3) is 2.73. The molecule has 0 saturated heterocycles. The lowest BCUT2D eigenvalue weighted by atomic mass is 10.4. The molecule has 18 heavy (non-hydrogen) atoms. The van der Waals surface area contributed by atoms with Gasteiger partial charge in [0.05, 0.1) is 4.90 Å². The van der Waals surface area contributed by atoms with Crippen molar-refractivity contribution in [3.8, 4) is 0 Å². The molecule has 1 aliphatic rings. The van der Waals surface area contributed by atoms with Crippen molar-refractivity contribution < 1.29 is 18.3 Å². The molecule has 1 saturated carbocycles. The zero-order valence-corrected chi connectivity index (χ0v) is 11.6. The predicted octanol–water partition coefficient (Wildman–Crippen LogP) is 1.87. The van der Waals surface area contributed by atoms with Crippen LogP contribution >= 0.6 is 11.3 Å². The van der Waals surface area contributed by atoms with Gasteiger partial charge in [-0.2, -0.15) is 4.31 Å². The van der Waals surface area contributed by atoms with Gasteiger partial charge >= 0.3 is 5.97 Å². The minimum Gasteiger partial charge on any atom is -0.477 e. The first-order chi connectivity index (χ1) is 8.45. The SMILES string of the molecule is CCN(CC1CC1)S(=O)(=O)c1csc(C(=O)O)c1. The molecule has 0 aromatic carbocycles. The molecular weight excluding hydrogens is 274 g/mol. The largest absolute Gasteiger partial charge is 0.477 e. The molecule has 0 unspecified atom stereocenters. The number of carbonyl (C=O) groups is 1. The first-order valence-electron chi connectivity index (χ1n) is 5.77. The van der Waals surface area contributed by atoms with Crippen molar-refractivity contribution in [1.29, 1.82) is 0 Å². The van der Waals surface area contributed by atoms with Crippen LogP contribution in [0.4, 0.5) is 0 Å². The van der Waals surface area contributed by atoms with Crippen molar-refractivity contribution in [3.63, 3.8) is 0 Å². The van der Waals surface area contributed by atoms with Crippen LogP contribution in [0.1, 0.15) is 29.4 Å². The van der Waals surface area contributed by atoms with E-state index in [4.69, 9.17) is 5.11 Å². The van der Waals surface area contributed by atoms with Crippen LogP contribution in [0.25, 0.3) is 0 Å². The molecule has 1 aromatic heterocycles. The fourth-order valence-electron chi connectivity index (χ4n) is 1.70. The monoisotopic (exact) mass is 289 g/mol. The Morgan fingerprint density at radius 3 is 2.67 bits per heavy atom. The van der Waals surface area contributed by atoms with Crippen LogP contribution in [0.3, 0.4) is 0 Å². The fourth-order valence-corrected chi connectivity index (χ4v) is 4.33. The zero-order valence-electron chi connectivity index (χ0n) is 10.00. The number of thiophene rings is 1. The summed E-state index contributed by atoms with van der Waals surface area (Å²) in [6, 6.07) is 1.23. The maximum absolute atomic E-state index is 12.3. The van der Waals surface area contributed by atoms with Crippen LogP contribution in [-0.4, -0.2) is 36.9 Å². The van der Waals surface area contributed by atoms with Gasteiger partial charge in [-0.05, 0) is 24.8 Å². The van der Waals surface area contributed by atoms with E-state index < -0.39 is 16.0 Å². The van der Waals surface area contributed by atoms with E-state index in [1.165, 1.54) is 15.8 Å². The second kappa shape index (κ2) is 4.99. The molecule has 2 rings (SSSR count). The molecule has 1 aromatic rings. The molecule has 1 fully saturated rings. The Balaban J connectivity index is 2.23. The topological polar surface area (TPSA) is 74.7 Å². The Morgan fingerprint density at radius 2 is 2.22 bits per heavy atom. The van der Waals surface area contributed by atoms with Crippen molar-refractivity contribution in [3.05, 3.63) is 16.3 Å². The van der Waals surface area contributed by atoms with Crippen LogP contribution in [0.5, 0.6) is 0 Å². The normalized spacial score (nSPS) is 16.1. The van der Waals surface area contributed by atoms with Gasteiger partial charge in [0.2, 0.25) is 10.0 Å². The van der Waals surface area contributed by atoms with Crippen LogP contribution < -0.4 is 0 Å². The van der Waals surface area contributed by atoms with Crippen molar-refractivity contribution in [1.82, 2.24) is 4.31 Å². The molecule has 1 N–H and O–H groups in total. The minimum atomic E-state index is -3.54. The predicted molar refractivity (Wildman–Crippen MR) is 68.4 cm³/mol. The Morgan fingerprint density at radius 1 is 1.56 bits per heavy atom. The quantitative estimate of drug-likeness (QED) is 0.867. The van der Waals surface area contributed by atoms with Gasteiger partial charge in [0.1, 0.15) is 4.88 Å². The van der Waals surface area contributed by atoms with E-state index in [0.29, 0.717) is 19.0 Å². The van der Waals surface area contributed by atoms with Gasteiger partial charge in [-0.1, -0.05) is 6.92 Å². The van der Waals surface area contributed by atoms with Crippen molar-refractivity contribution in [2.45, 2.75) is 24.7 Å². The average molecular weight is 289 g/mol. The summed E-state index contributed by atoms with van der Waals surface area (Å²) in [7, 11) is -3.54. The van der Waals surface area contributed by atoms with Gasteiger partial charge in [0.25, 0.3) is 0 Å². The van der Waals surface area contributed by atoms with Crippen molar-refractivity contribution in [2.75, 3.05) is 13.1 Å². The fraction of sp³-hybridized carbons (Fsp3) is 0.545. The molecule has 0 radical (unpaired) electrons. The highest BCUT2D eigenvalue weighted by atomic mass is 32.2. The van der Waals surface area contributed by atoms with Gasteiger partial charge in [0, 0.05) is 18.5 Å².